The second kappa shape index (κ2) is 9.94. The van der Waals surface area contributed by atoms with Crippen molar-refractivity contribution in [1.82, 2.24) is 14.9 Å². The van der Waals surface area contributed by atoms with Crippen LogP contribution in [-0.2, 0) is 13.2 Å². The van der Waals surface area contributed by atoms with Crippen molar-refractivity contribution in [3.63, 3.8) is 0 Å². The minimum absolute atomic E-state index is 0.0344. The first-order valence-electron chi connectivity index (χ1n) is 11.4. The lowest BCUT2D eigenvalue weighted by Gasteiger charge is -2.35. The number of hydrogen-bond donors (Lipinski definition) is 1. The average molecular weight is 437 g/mol. The van der Waals surface area contributed by atoms with Gasteiger partial charge in [0.2, 0.25) is 0 Å². The fourth-order valence-corrected chi connectivity index (χ4v) is 4.29. The maximum Gasteiger partial charge on any atom is 0.147 e. The van der Waals surface area contributed by atoms with Crippen molar-refractivity contribution in [3.05, 3.63) is 102 Å². The molecular weight excluding hydrogens is 408 g/mol. The van der Waals surface area contributed by atoms with Crippen molar-refractivity contribution in [2.75, 3.05) is 31.1 Å². The van der Waals surface area contributed by atoms with E-state index in [2.05, 4.69) is 52.3 Å². The molecule has 1 fully saturated rings. The van der Waals surface area contributed by atoms with Gasteiger partial charge in [-0.1, -0.05) is 84.9 Å². The van der Waals surface area contributed by atoms with E-state index in [1.54, 1.807) is 0 Å². The molecule has 0 spiro atoms. The zero-order chi connectivity index (χ0) is 22.5. The number of aromatic nitrogens is 2. The van der Waals surface area contributed by atoms with Crippen molar-refractivity contribution >= 4 is 5.82 Å². The number of aliphatic hydroxyl groups is 1. The molecule has 166 valence electrons. The normalized spacial score (nSPS) is 14.4. The molecule has 1 aliphatic heterocycles. The number of rotatable bonds is 6. The molecule has 1 N–H and O–H groups in total. The Kier molecular flexibility index (Phi) is 6.42. The molecule has 0 saturated carbocycles. The molecule has 33 heavy (non-hydrogen) atoms. The molecule has 0 radical (unpaired) electrons. The summed E-state index contributed by atoms with van der Waals surface area (Å²) in [4.78, 5) is 14.8. The quantitative estimate of drug-likeness (QED) is 0.478. The van der Waals surface area contributed by atoms with Crippen LogP contribution in [-0.4, -0.2) is 46.2 Å². The Morgan fingerprint density at radius 3 is 1.97 bits per heavy atom. The number of benzene rings is 3. The van der Waals surface area contributed by atoms with Gasteiger partial charge in [0, 0.05) is 43.9 Å². The van der Waals surface area contributed by atoms with E-state index in [1.807, 2.05) is 48.7 Å². The van der Waals surface area contributed by atoms with Crippen molar-refractivity contribution in [2.45, 2.75) is 13.2 Å². The second-order valence-electron chi connectivity index (χ2n) is 8.40. The minimum Gasteiger partial charge on any atom is -0.392 e. The van der Waals surface area contributed by atoms with Crippen LogP contribution < -0.4 is 4.90 Å². The first kappa shape index (κ1) is 21.3. The first-order chi connectivity index (χ1) is 16.3. The van der Waals surface area contributed by atoms with Crippen molar-refractivity contribution in [3.8, 4) is 22.5 Å². The summed E-state index contributed by atoms with van der Waals surface area (Å²) in [5.41, 5.74) is 6.04. The summed E-state index contributed by atoms with van der Waals surface area (Å²) in [6, 6.07) is 28.8. The highest BCUT2D eigenvalue weighted by Crippen LogP contribution is 2.31. The summed E-state index contributed by atoms with van der Waals surface area (Å²) in [5, 5.41) is 9.38. The summed E-state index contributed by atoms with van der Waals surface area (Å²) < 4.78 is 0. The predicted octanol–water partition coefficient (Wildman–Crippen LogP) is 4.63. The van der Waals surface area contributed by atoms with Crippen LogP contribution >= 0.6 is 0 Å². The van der Waals surface area contributed by atoms with Crippen LogP contribution in [0.4, 0.5) is 5.82 Å². The van der Waals surface area contributed by atoms with E-state index >= 15 is 0 Å². The molecule has 5 heteroatoms. The Hall–Kier alpha value is -3.54. The van der Waals surface area contributed by atoms with Crippen LogP contribution in [0.25, 0.3) is 22.5 Å². The Morgan fingerprint density at radius 2 is 1.30 bits per heavy atom. The van der Waals surface area contributed by atoms with Crippen LogP contribution in [0, 0.1) is 0 Å². The third-order valence-electron chi connectivity index (χ3n) is 6.16. The third-order valence-corrected chi connectivity index (χ3v) is 6.16. The SMILES string of the molecule is OCc1ccc(-c2ncc(N3CCN(Cc4ccccc4)CC3)nc2-c2ccccc2)cc1. The number of aliphatic hydroxyl groups excluding tert-OH is 1. The predicted molar refractivity (Wildman–Crippen MR) is 133 cm³/mol. The van der Waals surface area contributed by atoms with Gasteiger partial charge in [0.25, 0.3) is 0 Å². The zero-order valence-corrected chi connectivity index (χ0v) is 18.6. The van der Waals surface area contributed by atoms with E-state index in [0.29, 0.717) is 0 Å². The molecule has 0 unspecified atom stereocenters. The molecule has 4 aromatic rings. The van der Waals surface area contributed by atoms with Crippen molar-refractivity contribution in [1.29, 1.82) is 0 Å². The number of nitrogens with zero attached hydrogens (tertiary/aromatic N) is 4. The van der Waals surface area contributed by atoms with Gasteiger partial charge in [-0.3, -0.25) is 9.88 Å². The van der Waals surface area contributed by atoms with Gasteiger partial charge >= 0.3 is 0 Å². The molecule has 1 aromatic heterocycles. The van der Waals surface area contributed by atoms with Gasteiger partial charge in [-0.25, -0.2) is 4.98 Å². The summed E-state index contributed by atoms with van der Waals surface area (Å²) in [6.45, 7) is 4.88. The number of piperazine rings is 1. The highest BCUT2D eigenvalue weighted by atomic mass is 16.3. The Labute approximate surface area is 195 Å². The standard InChI is InChI=1S/C28H28N4O/c33-21-23-11-13-25(14-12-23)27-28(24-9-5-2-6-10-24)30-26(19-29-27)32-17-15-31(16-18-32)20-22-7-3-1-4-8-22/h1-14,19,33H,15-18,20-21H2. The van der Waals surface area contributed by atoms with Gasteiger partial charge in [0.15, 0.2) is 0 Å². The maximum atomic E-state index is 9.38. The highest BCUT2D eigenvalue weighted by Gasteiger charge is 2.20. The lowest BCUT2D eigenvalue weighted by molar-refractivity contribution is 0.249. The summed E-state index contributed by atoms with van der Waals surface area (Å²) in [6.07, 6.45) is 1.90. The summed E-state index contributed by atoms with van der Waals surface area (Å²) in [7, 11) is 0. The monoisotopic (exact) mass is 436 g/mol. The summed E-state index contributed by atoms with van der Waals surface area (Å²) in [5.74, 6) is 0.920. The molecule has 1 saturated heterocycles. The van der Waals surface area contributed by atoms with Crippen LogP contribution in [0.5, 0.6) is 0 Å². The average Bonchev–Trinajstić information content (AvgIpc) is 2.90. The van der Waals surface area contributed by atoms with Crippen LogP contribution in [0.1, 0.15) is 11.1 Å². The van der Waals surface area contributed by atoms with Crippen molar-refractivity contribution < 1.29 is 5.11 Å². The lowest BCUT2D eigenvalue weighted by Crippen LogP contribution is -2.46. The molecule has 1 aliphatic rings. The van der Waals surface area contributed by atoms with Crippen LogP contribution in [0.15, 0.2) is 91.1 Å². The van der Waals surface area contributed by atoms with Gasteiger partial charge in [-0.05, 0) is 11.1 Å². The first-order valence-corrected chi connectivity index (χ1v) is 11.4. The zero-order valence-electron chi connectivity index (χ0n) is 18.6. The molecule has 0 aliphatic carbocycles. The molecule has 5 nitrogen and oxygen atoms in total. The molecular formula is C28H28N4O. The fraction of sp³-hybridized carbons (Fsp3) is 0.214. The molecule has 2 heterocycles. The molecule has 0 bridgehead atoms. The highest BCUT2D eigenvalue weighted by molar-refractivity contribution is 5.78. The van der Waals surface area contributed by atoms with E-state index in [-0.39, 0.29) is 6.61 Å². The van der Waals surface area contributed by atoms with E-state index in [0.717, 1.165) is 66.6 Å². The molecule has 0 amide bonds. The topological polar surface area (TPSA) is 52.5 Å². The Morgan fingerprint density at radius 1 is 0.667 bits per heavy atom. The molecule has 5 rings (SSSR count). The largest absolute Gasteiger partial charge is 0.392 e. The maximum absolute atomic E-state index is 9.38. The smallest absolute Gasteiger partial charge is 0.147 e. The van der Waals surface area contributed by atoms with E-state index in [1.165, 1.54) is 5.56 Å². The van der Waals surface area contributed by atoms with Gasteiger partial charge in [0.1, 0.15) is 5.82 Å². The minimum atomic E-state index is 0.0344. The van der Waals surface area contributed by atoms with Crippen LogP contribution in [0.2, 0.25) is 0 Å². The van der Waals surface area contributed by atoms with E-state index in [9.17, 15) is 5.11 Å². The Bertz CT molecular complexity index is 1170. The van der Waals surface area contributed by atoms with E-state index < -0.39 is 0 Å². The van der Waals surface area contributed by atoms with Crippen LogP contribution in [0.3, 0.4) is 0 Å². The lowest BCUT2D eigenvalue weighted by atomic mass is 10.0. The van der Waals surface area contributed by atoms with Crippen molar-refractivity contribution in [2.24, 2.45) is 0 Å². The number of hydrogen-bond acceptors (Lipinski definition) is 5. The van der Waals surface area contributed by atoms with Gasteiger partial charge in [0.05, 0.1) is 24.2 Å². The summed E-state index contributed by atoms with van der Waals surface area (Å²) >= 11 is 0. The Balaban J connectivity index is 1.39. The van der Waals surface area contributed by atoms with Gasteiger partial charge in [-0.15, -0.1) is 0 Å². The molecule has 0 atom stereocenters. The van der Waals surface area contributed by atoms with E-state index in [4.69, 9.17) is 9.97 Å². The fourth-order valence-electron chi connectivity index (χ4n) is 4.29. The third kappa shape index (κ3) is 4.95. The second-order valence-corrected chi connectivity index (χ2v) is 8.40. The van der Waals surface area contributed by atoms with Gasteiger partial charge < -0.3 is 10.0 Å². The number of anilines is 1. The van der Waals surface area contributed by atoms with Gasteiger partial charge in [-0.2, -0.15) is 0 Å². The molecule has 3 aromatic carbocycles.